The molecule has 21 heavy (non-hydrogen) atoms. The van der Waals surface area contributed by atoms with E-state index in [2.05, 4.69) is 21.2 Å². The van der Waals surface area contributed by atoms with Crippen LogP contribution in [0.3, 0.4) is 0 Å². The predicted octanol–water partition coefficient (Wildman–Crippen LogP) is 3.57. The third-order valence-electron chi connectivity index (χ3n) is 3.17. The van der Waals surface area contributed by atoms with Gasteiger partial charge in [-0.3, -0.25) is 4.79 Å². The van der Waals surface area contributed by atoms with Crippen LogP contribution in [0.4, 0.5) is 0 Å². The molecule has 1 aromatic carbocycles. The van der Waals surface area contributed by atoms with Crippen LogP contribution in [-0.2, 0) is 4.79 Å². The molecule has 6 heteroatoms. The fraction of sp³-hybridized carbons (Fsp3) is 0.333. The van der Waals surface area contributed by atoms with Crippen LogP contribution >= 0.6 is 15.9 Å². The number of para-hydroxylation sites is 1. The summed E-state index contributed by atoms with van der Waals surface area (Å²) in [6.45, 7) is 1.97. The Balaban J connectivity index is 2.17. The van der Waals surface area contributed by atoms with Gasteiger partial charge < -0.3 is 14.8 Å². The second-order valence-electron chi connectivity index (χ2n) is 4.78. The van der Waals surface area contributed by atoms with E-state index >= 15 is 0 Å². The summed E-state index contributed by atoms with van der Waals surface area (Å²) in [4.78, 5) is 23.3. The van der Waals surface area contributed by atoms with Gasteiger partial charge in [0.05, 0.1) is 4.47 Å². The summed E-state index contributed by atoms with van der Waals surface area (Å²) in [5.74, 6) is -1.43. The van der Waals surface area contributed by atoms with E-state index in [9.17, 15) is 9.59 Å². The van der Waals surface area contributed by atoms with Crippen LogP contribution in [0.5, 0.6) is 0 Å². The van der Waals surface area contributed by atoms with Crippen LogP contribution < -0.4 is 5.32 Å². The number of amides is 1. The summed E-state index contributed by atoms with van der Waals surface area (Å²) in [6.07, 6.45) is 2.02. The van der Waals surface area contributed by atoms with Gasteiger partial charge >= 0.3 is 5.97 Å². The smallest absolute Gasteiger partial charge is 0.326 e. The number of unbranched alkanes of at least 4 members (excludes halogenated alkanes) is 1. The van der Waals surface area contributed by atoms with Crippen molar-refractivity contribution < 1.29 is 19.1 Å². The molecule has 1 unspecified atom stereocenters. The molecular weight excluding hydrogens is 338 g/mol. The fourth-order valence-electron chi connectivity index (χ4n) is 2.03. The van der Waals surface area contributed by atoms with Gasteiger partial charge in [-0.2, -0.15) is 0 Å². The molecule has 5 nitrogen and oxygen atoms in total. The van der Waals surface area contributed by atoms with Crippen molar-refractivity contribution in [2.75, 3.05) is 0 Å². The van der Waals surface area contributed by atoms with Gasteiger partial charge in [0.25, 0.3) is 5.91 Å². The number of nitrogens with one attached hydrogen (secondary N) is 1. The Labute approximate surface area is 130 Å². The van der Waals surface area contributed by atoms with Crippen molar-refractivity contribution in [1.29, 1.82) is 0 Å². The zero-order chi connectivity index (χ0) is 15.4. The molecule has 1 amide bonds. The molecule has 112 valence electrons. The topological polar surface area (TPSA) is 79.5 Å². The van der Waals surface area contributed by atoms with E-state index in [1.54, 1.807) is 6.07 Å². The van der Waals surface area contributed by atoms with Crippen molar-refractivity contribution in [1.82, 2.24) is 5.32 Å². The van der Waals surface area contributed by atoms with Crippen LogP contribution in [0.25, 0.3) is 11.0 Å². The van der Waals surface area contributed by atoms with Gasteiger partial charge in [0.15, 0.2) is 5.76 Å². The maximum absolute atomic E-state index is 12.1. The number of carboxylic acid groups (broad SMARTS) is 1. The summed E-state index contributed by atoms with van der Waals surface area (Å²) in [5, 5.41) is 12.4. The molecule has 0 aliphatic carbocycles. The fourth-order valence-corrected chi connectivity index (χ4v) is 2.50. The second kappa shape index (κ2) is 6.76. The highest BCUT2D eigenvalue weighted by atomic mass is 79.9. The number of benzene rings is 1. The largest absolute Gasteiger partial charge is 0.480 e. The first-order valence-corrected chi connectivity index (χ1v) is 7.54. The Morgan fingerprint density at radius 3 is 2.81 bits per heavy atom. The van der Waals surface area contributed by atoms with Crippen molar-refractivity contribution in [3.05, 3.63) is 34.5 Å². The average molecular weight is 354 g/mol. The molecule has 0 radical (unpaired) electrons. The highest BCUT2D eigenvalue weighted by molar-refractivity contribution is 9.10. The summed E-state index contributed by atoms with van der Waals surface area (Å²) in [7, 11) is 0. The number of carbonyl (C=O) groups is 2. The Morgan fingerprint density at radius 1 is 1.43 bits per heavy atom. The molecule has 0 fully saturated rings. The first kappa shape index (κ1) is 15.6. The summed E-state index contributed by atoms with van der Waals surface area (Å²) in [6, 6.07) is 6.19. The minimum absolute atomic E-state index is 0.111. The summed E-state index contributed by atoms with van der Waals surface area (Å²) >= 11 is 3.35. The molecule has 0 spiro atoms. The maximum atomic E-state index is 12.1. The van der Waals surface area contributed by atoms with Gasteiger partial charge in [-0.05, 0) is 34.5 Å². The lowest BCUT2D eigenvalue weighted by Crippen LogP contribution is -2.40. The predicted molar refractivity (Wildman–Crippen MR) is 82.3 cm³/mol. The SMILES string of the molecule is CCCCC(NC(=O)c1cc2cccc(Br)c2o1)C(=O)O. The number of fused-ring (bicyclic) bond motifs is 1. The van der Waals surface area contributed by atoms with Crippen molar-refractivity contribution >= 4 is 38.8 Å². The number of halogens is 1. The van der Waals surface area contributed by atoms with Gasteiger partial charge in [0, 0.05) is 5.39 Å². The third-order valence-corrected chi connectivity index (χ3v) is 3.79. The highest BCUT2D eigenvalue weighted by Crippen LogP contribution is 2.26. The molecule has 0 saturated heterocycles. The van der Waals surface area contributed by atoms with Crippen LogP contribution in [0.2, 0.25) is 0 Å². The average Bonchev–Trinajstić information content (AvgIpc) is 2.88. The monoisotopic (exact) mass is 353 g/mol. The van der Waals surface area contributed by atoms with Gasteiger partial charge in [0.2, 0.25) is 0 Å². The third kappa shape index (κ3) is 3.64. The molecule has 1 heterocycles. The Morgan fingerprint density at radius 2 is 2.19 bits per heavy atom. The molecular formula is C15H16BrNO4. The number of hydrogen-bond acceptors (Lipinski definition) is 3. The van der Waals surface area contributed by atoms with E-state index in [0.717, 1.165) is 22.7 Å². The lowest BCUT2D eigenvalue weighted by atomic mass is 10.1. The molecule has 0 bridgehead atoms. The minimum Gasteiger partial charge on any atom is -0.480 e. The normalized spacial score (nSPS) is 12.3. The van der Waals surface area contributed by atoms with E-state index in [0.29, 0.717) is 12.0 Å². The molecule has 2 aromatic rings. The van der Waals surface area contributed by atoms with Gasteiger partial charge in [0.1, 0.15) is 11.6 Å². The van der Waals surface area contributed by atoms with E-state index in [1.807, 2.05) is 25.1 Å². The number of hydrogen-bond donors (Lipinski definition) is 2. The molecule has 2 N–H and O–H groups in total. The van der Waals surface area contributed by atoms with Gasteiger partial charge in [-0.25, -0.2) is 4.79 Å². The zero-order valence-electron chi connectivity index (χ0n) is 11.6. The highest BCUT2D eigenvalue weighted by Gasteiger charge is 2.22. The maximum Gasteiger partial charge on any atom is 0.326 e. The second-order valence-corrected chi connectivity index (χ2v) is 5.63. The number of aliphatic carboxylic acids is 1. The van der Waals surface area contributed by atoms with E-state index in [1.165, 1.54) is 0 Å². The van der Waals surface area contributed by atoms with Crippen molar-refractivity contribution in [2.45, 2.75) is 32.2 Å². The first-order valence-electron chi connectivity index (χ1n) is 6.74. The lowest BCUT2D eigenvalue weighted by Gasteiger charge is -2.12. The van der Waals surface area contributed by atoms with Crippen LogP contribution in [-0.4, -0.2) is 23.0 Å². The van der Waals surface area contributed by atoms with E-state index in [-0.39, 0.29) is 5.76 Å². The summed E-state index contributed by atoms with van der Waals surface area (Å²) < 4.78 is 6.24. The van der Waals surface area contributed by atoms with E-state index < -0.39 is 17.9 Å². The standard InChI is InChI=1S/C15H16BrNO4/c1-2-3-7-11(15(19)20)17-14(18)12-8-9-5-4-6-10(16)13(9)21-12/h4-6,8,11H,2-3,7H2,1H3,(H,17,18)(H,19,20). The number of furan rings is 1. The van der Waals surface area contributed by atoms with Crippen LogP contribution in [0.15, 0.2) is 33.2 Å². The number of carboxylic acids is 1. The Kier molecular flexibility index (Phi) is 5.01. The van der Waals surface area contributed by atoms with Gasteiger partial charge in [-0.1, -0.05) is 31.9 Å². The molecule has 1 atom stereocenters. The molecule has 0 aliphatic rings. The summed E-state index contributed by atoms with van der Waals surface area (Å²) in [5.41, 5.74) is 0.572. The Hall–Kier alpha value is -1.82. The van der Waals surface area contributed by atoms with Crippen molar-refractivity contribution in [2.24, 2.45) is 0 Å². The van der Waals surface area contributed by atoms with Crippen molar-refractivity contribution in [3.8, 4) is 0 Å². The molecule has 0 aliphatic heterocycles. The van der Waals surface area contributed by atoms with Crippen molar-refractivity contribution in [3.63, 3.8) is 0 Å². The molecule has 0 saturated carbocycles. The van der Waals surface area contributed by atoms with E-state index in [4.69, 9.17) is 9.52 Å². The lowest BCUT2D eigenvalue weighted by molar-refractivity contribution is -0.139. The van der Waals surface area contributed by atoms with Gasteiger partial charge in [-0.15, -0.1) is 0 Å². The quantitative estimate of drug-likeness (QED) is 0.831. The minimum atomic E-state index is -1.03. The first-order chi connectivity index (χ1) is 10.0. The van der Waals surface area contributed by atoms with Crippen LogP contribution in [0, 0.1) is 0 Å². The molecule has 2 rings (SSSR count). The Bertz CT molecular complexity index is 665. The number of rotatable bonds is 6. The zero-order valence-corrected chi connectivity index (χ0v) is 13.1. The number of carbonyl (C=O) groups excluding carboxylic acids is 1. The molecule has 1 aromatic heterocycles. The van der Waals surface area contributed by atoms with Crippen LogP contribution in [0.1, 0.15) is 36.7 Å².